The molecule has 0 radical (unpaired) electrons. The minimum absolute atomic E-state index is 0.570. The smallest absolute Gasteiger partial charge is 0.140 e. The quantitative estimate of drug-likeness (QED) is 0.605. The number of ether oxygens (including phenoxy) is 1. The number of aromatic nitrogens is 1. The van der Waals surface area contributed by atoms with Crippen LogP contribution in [0.25, 0.3) is 10.9 Å². The number of pyridine rings is 1. The minimum Gasteiger partial charge on any atom is -0.495 e. The molecular weight excluding hydrogens is 214 g/mol. The average Bonchev–Trinajstić information content (AvgIpc) is 2.27. The molecular formula is C10H10ClN3O. The van der Waals surface area contributed by atoms with Gasteiger partial charge in [0.2, 0.25) is 0 Å². The molecule has 15 heavy (non-hydrogen) atoms. The van der Waals surface area contributed by atoms with E-state index in [-0.39, 0.29) is 0 Å². The fourth-order valence-corrected chi connectivity index (χ4v) is 1.61. The highest BCUT2D eigenvalue weighted by Gasteiger charge is 2.04. The summed E-state index contributed by atoms with van der Waals surface area (Å²) in [6, 6.07) is 7.26. The standard InChI is InChI=1S/C10H10ClN3O/c1-15-9-5-8-6(4-7(9)11)2-3-10(13-8)14-12/h2-5H,12H2,1H3,(H,13,14). The SMILES string of the molecule is COc1cc2nc(NN)ccc2cc1Cl. The van der Waals surface area contributed by atoms with E-state index in [9.17, 15) is 0 Å². The molecule has 4 nitrogen and oxygen atoms in total. The van der Waals surface area contributed by atoms with Gasteiger partial charge in [0.25, 0.3) is 0 Å². The summed E-state index contributed by atoms with van der Waals surface area (Å²) in [5.41, 5.74) is 3.27. The predicted molar refractivity (Wildman–Crippen MR) is 61.1 cm³/mol. The van der Waals surface area contributed by atoms with Crippen molar-refractivity contribution in [2.75, 3.05) is 12.5 Å². The fourth-order valence-electron chi connectivity index (χ4n) is 1.36. The third kappa shape index (κ3) is 1.82. The van der Waals surface area contributed by atoms with Crippen molar-refractivity contribution < 1.29 is 4.74 Å². The van der Waals surface area contributed by atoms with E-state index < -0.39 is 0 Å². The second kappa shape index (κ2) is 3.92. The third-order valence-electron chi connectivity index (χ3n) is 2.11. The maximum absolute atomic E-state index is 5.98. The third-order valence-corrected chi connectivity index (χ3v) is 2.41. The van der Waals surface area contributed by atoms with Gasteiger partial charge >= 0.3 is 0 Å². The summed E-state index contributed by atoms with van der Waals surface area (Å²) in [4.78, 5) is 4.27. The molecule has 5 heteroatoms. The fraction of sp³-hybridized carbons (Fsp3) is 0.100. The highest BCUT2D eigenvalue weighted by Crippen LogP contribution is 2.29. The van der Waals surface area contributed by atoms with Crippen LogP contribution in [0.5, 0.6) is 5.75 Å². The molecule has 0 bridgehead atoms. The van der Waals surface area contributed by atoms with E-state index >= 15 is 0 Å². The van der Waals surface area contributed by atoms with Crippen LogP contribution in [0.2, 0.25) is 5.02 Å². The Kier molecular flexibility index (Phi) is 2.62. The molecule has 0 unspecified atom stereocenters. The lowest BCUT2D eigenvalue weighted by atomic mass is 10.2. The maximum Gasteiger partial charge on any atom is 0.140 e. The first-order chi connectivity index (χ1) is 7.24. The molecule has 1 heterocycles. The first-order valence-electron chi connectivity index (χ1n) is 4.35. The van der Waals surface area contributed by atoms with E-state index in [0.717, 1.165) is 10.9 Å². The topological polar surface area (TPSA) is 60.2 Å². The van der Waals surface area contributed by atoms with Crippen LogP contribution in [0, 0.1) is 0 Å². The summed E-state index contributed by atoms with van der Waals surface area (Å²) < 4.78 is 5.10. The van der Waals surface area contributed by atoms with E-state index in [2.05, 4.69) is 10.4 Å². The van der Waals surface area contributed by atoms with E-state index in [1.165, 1.54) is 0 Å². The van der Waals surface area contributed by atoms with Crippen molar-refractivity contribution in [2.24, 2.45) is 5.84 Å². The molecule has 1 aromatic heterocycles. The summed E-state index contributed by atoms with van der Waals surface area (Å²) in [7, 11) is 1.57. The number of hydrogen-bond acceptors (Lipinski definition) is 4. The highest BCUT2D eigenvalue weighted by atomic mass is 35.5. The summed E-state index contributed by atoms with van der Waals surface area (Å²) >= 11 is 5.98. The van der Waals surface area contributed by atoms with Crippen molar-refractivity contribution in [3.05, 3.63) is 29.3 Å². The lowest BCUT2D eigenvalue weighted by Gasteiger charge is -2.06. The molecule has 0 saturated carbocycles. The van der Waals surface area contributed by atoms with E-state index in [0.29, 0.717) is 16.6 Å². The van der Waals surface area contributed by atoms with Crippen LogP contribution in [-0.4, -0.2) is 12.1 Å². The van der Waals surface area contributed by atoms with E-state index in [1.54, 1.807) is 19.2 Å². The average molecular weight is 224 g/mol. The van der Waals surface area contributed by atoms with Gasteiger partial charge in [-0.15, -0.1) is 0 Å². The number of fused-ring (bicyclic) bond motifs is 1. The molecule has 0 saturated heterocycles. The number of benzene rings is 1. The summed E-state index contributed by atoms with van der Waals surface area (Å²) in [6.07, 6.45) is 0. The number of nitrogens with zero attached hydrogens (tertiary/aromatic N) is 1. The largest absolute Gasteiger partial charge is 0.495 e. The predicted octanol–water partition coefficient (Wildman–Crippen LogP) is 2.18. The van der Waals surface area contributed by atoms with Crippen LogP contribution < -0.4 is 16.0 Å². The molecule has 3 N–H and O–H groups in total. The van der Waals surface area contributed by atoms with Crippen LogP contribution in [-0.2, 0) is 0 Å². The zero-order valence-corrected chi connectivity index (χ0v) is 8.88. The Hall–Kier alpha value is -1.52. The van der Waals surface area contributed by atoms with Gasteiger partial charge in [0.1, 0.15) is 11.6 Å². The Morgan fingerprint density at radius 3 is 2.87 bits per heavy atom. The Morgan fingerprint density at radius 1 is 1.40 bits per heavy atom. The van der Waals surface area contributed by atoms with Gasteiger partial charge in [-0.25, -0.2) is 10.8 Å². The number of nitrogen functional groups attached to an aromatic ring is 1. The zero-order chi connectivity index (χ0) is 10.8. The van der Waals surface area contributed by atoms with Crippen molar-refractivity contribution in [3.8, 4) is 5.75 Å². The number of rotatable bonds is 2. The van der Waals surface area contributed by atoms with E-state index in [1.807, 2.05) is 12.1 Å². The van der Waals surface area contributed by atoms with Crippen molar-refractivity contribution in [1.29, 1.82) is 0 Å². The lowest BCUT2D eigenvalue weighted by molar-refractivity contribution is 0.415. The van der Waals surface area contributed by atoms with E-state index in [4.69, 9.17) is 22.2 Å². The summed E-state index contributed by atoms with van der Waals surface area (Å²) in [5.74, 6) is 6.48. The van der Waals surface area contributed by atoms with Crippen molar-refractivity contribution >= 4 is 28.3 Å². The van der Waals surface area contributed by atoms with Crippen molar-refractivity contribution in [1.82, 2.24) is 4.98 Å². The van der Waals surface area contributed by atoms with Crippen LogP contribution in [0.1, 0.15) is 0 Å². The summed E-state index contributed by atoms with van der Waals surface area (Å²) in [5, 5.41) is 1.51. The van der Waals surface area contributed by atoms with Gasteiger partial charge in [-0.05, 0) is 18.2 Å². The van der Waals surface area contributed by atoms with Gasteiger partial charge in [0.05, 0.1) is 17.6 Å². The molecule has 0 amide bonds. The van der Waals surface area contributed by atoms with Crippen LogP contribution in [0.4, 0.5) is 5.82 Å². The molecule has 0 aliphatic rings. The monoisotopic (exact) mass is 223 g/mol. The number of nitrogens with two attached hydrogens (primary N) is 1. The molecule has 0 aliphatic carbocycles. The van der Waals surface area contributed by atoms with Gasteiger partial charge in [0.15, 0.2) is 0 Å². The number of hydrazine groups is 1. The normalized spacial score (nSPS) is 10.3. The second-order valence-corrected chi connectivity index (χ2v) is 3.43. The zero-order valence-electron chi connectivity index (χ0n) is 8.12. The molecule has 0 atom stereocenters. The highest BCUT2D eigenvalue weighted by molar-refractivity contribution is 6.32. The molecule has 78 valence electrons. The molecule has 0 fully saturated rings. The van der Waals surface area contributed by atoms with Gasteiger partial charge < -0.3 is 10.2 Å². The van der Waals surface area contributed by atoms with Crippen LogP contribution in [0.3, 0.4) is 0 Å². The van der Waals surface area contributed by atoms with Gasteiger partial charge in [-0.3, -0.25) is 0 Å². The van der Waals surface area contributed by atoms with Gasteiger partial charge in [-0.1, -0.05) is 11.6 Å². The Morgan fingerprint density at radius 2 is 2.20 bits per heavy atom. The molecule has 0 spiro atoms. The first-order valence-corrected chi connectivity index (χ1v) is 4.73. The van der Waals surface area contributed by atoms with Crippen molar-refractivity contribution in [3.63, 3.8) is 0 Å². The lowest BCUT2D eigenvalue weighted by Crippen LogP contribution is -2.08. The number of methoxy groups -OCH3 is 1. The van der Waals surface area contributed by atoms with Crippen LogP contribution >= 0.6 is 11.6 Å². The maximum atomic E-state index is 5.98. The number of hydrogen-bond donors (Lipinski definition) is 2. The van der Waals surface area contributed by atoms with Gasteiger partial charge in [0, 0.05) is 11.5 Å². The minimum atomic E-state index is 0.570. The Bertz CT molecular complexity index is 501. The summed E-state index contributed by atoms with van der Waals surface area (Å²) in [6.45, 7) is 0. The Balaban J connectivity index is 2.66. The number of halogens is 1. The van der Waals surface area contributed by atoms with Crippen molar-refractivity contribution in [2.45, 2.75) is 0 Å². The number of nitrogens with one attached hydrogen (secondary N) is 1. The van der Waals surface area contributed by atoms with Gasteiger partial charge in [-0.2, -0.15) is 0 Å². The first kappa shape index (κ1) is 10.0. The molecule has 1 aromatic carbocycles. The van der Waals surface area contributed by atoms with Crippen LogP contribution in [0.15, 0.2) is 24.3 Å². The molecule has 2 rings (SSSR count). The molecule has 0 aliphatic heterocycles. The molecule has 2 aromatic rings. The Labute approximate surface area is 92.0 Å². The second-order valence-electron chi connectivity index (χ2n) is 3.02. The number of anilines is 1.